The van der Waals surface area contributed by atoms with Crippen molar-refractivity contribution in [1.29, 1.82) is 0 Å². The first kappa shape index (κ1) is 14.6. The molecule has 14 heavy (non-hydrogen) atoms. The predicted octanol–water partition coefficient (Wildman–Crippen LogP) is 1.00. The maximum atomic E-state index is 8.61. The average Bonchev–Trinajstić information content (AvgIpc) is 2.09. The zero-order chi connectivity index (χ0) is 11.0. The SMILES string of the molecule is CCCCC(COP(O)O)OP(O)O. The molecule has 0 saturated heterocycles. The van der Waals surface area contributed by atoms with E-state index in [1.54, 1.807) is 0 Å². The molecule has 0 aliphatic carbocycles. The molecule has 1 atom stereocenters. The van der Waals surface area contributed by atoms with Gasteiger partial charge in [0.15, 0.2) is 0 Å². The van der Waals surface area contributed by atoms with Gasteiger partial charge in [-0.2, -0.15) is 0 Å². The van der Waals surface area contributed by atoms with Gasteiger partial charge in [-0.3, -0.25) is 0 Å². The molecule has 0 spiro atoms. The van der Waals surface area contributed by atoms with E-state index in [0.717, 1.165) is 12.8 Å². The van der Waals surface area contributed by atoms with Gasteiger partial charge in [0.25, 0.3) is 0 Å². The molecule has 0 aromatic rings. The molecule has 0 rings (SSSR count). The summed E-state index contributed by atoms with van der Waals surface area (Å²) < 4.78 is 9.28. The van der Waals surface area contributed by atoms with Crippen LogP contribution >= 0.6 is 17.2 Å². The maximum absolute atomic E-state index is 8.61. The largest absolute Gasteiger partial charge is 0.328 e. The molecular formula is C6H16O6P2. The Morgan fingerprint density at radius 2 is 1.79 bits per heavy atom. The quantitative estimate of drug-likeness (QED) is 0.477. The summed E-state index contributed by atoms with van der Waals surface area (Å²) in [6, 6.07) is 0. The zero-order valence-corrected chi connectivity index (χ0v) is 9.69. The Balaban J connectivity index is 3.72. The van der Waals surface area contributed by atoms with E-state index in [2.05, 4.69) is 4.52 Å². The van der Waals surface area contributed by atoms with Crippen LogP contribution in [-0.2, 0) is 9.05 Å². The fraction of sp³-hybridized carbons (Fsp3) is 1.00. The van der Waals surface area contributed by atoms with Crippen molar-refractivity contribution in [3.63, 3.8) is 0 Å². The Labute approximate surface area is 85.5 Å². The van der Waals surface area contributed by atoms with E-state index >= 15 is 0 Å². The maximum Gasteiger partial charge on any atom is 0.327 e. The number of unbranched alkanes of at least 4 members (excludes halogenated alkanes) is 1. The number of hydrogen-bond donors (Lipinski definition) is 4. The Morgan fingerprint density at radius 3 is 2.21 bits per heavy atom. The molecule has 8 heteroatoms. The van der Waals surface area contributed by atoms with Crippen molar-refractivity contribution < 1.29 is 28.6 Å². The van der Waals surface area contributed by atoms with E-state index in [1.165, 1.54) is 0 Å². The van der Waals surface area contributed by atoms with Crippen LogP contribution in [0.2, 0.25) is 0 Å². The molecule has 0 aromatic carbocycles. The van der Waals surface area contributed by atoms with Crippen molar-refractivity contribution in [3.05, 3.63) is 0 Å². The molecule has 0 heterocycles. The summed E-state index contributed by atoms with van der Waals surface area (Å²) in [4.78, 5) is 34.2. The molecule has 4 N–H and O–H groups in total. The third kappa shape index (κ3) is 9.19. The van der Waals surface area contributed by atoms with E-state index in [1.807, 2.05) is 6.92 Å². The second-order valence-electron chi connectivity index (χ2n) is 2.67. The Kier molecular flexibility index (Phi) is 9.28. The van der Waals surface area contributed by atoms with E-state index in [0.29, 0.717) is 6.42 Å². The van der Waals surface area contributed by atoms with E-state index in [-0.39, 0.29) is 6.61 Å². The molecule has 0 aliphatic rings. The molecule has 0 radical (unpaired) electrons. The van der Waals surface area contributed by atoms with Gasteiger partial charge in [-0.1, -0.05) is 19.8 Å². The van der Waals surface area contributed by atoms with Gasteiger partial charge in [0.05, 0.1) is 12.7 Å². The Bertz CT molecular complexity index is 133. The topological polar surface area (TPSA) is 99.4 Å². The molecule has 0 fully saturated rings. The first-order valence-corrected chi connectivity index (χ1v) is 6.54. The van der Waals surface area contributed by atoms with E-state index in [9.17, 15) is 0 Å². The fourth-order valence-corrected chi connectivity index (χ4v) is 1.61. The first-order chi connectivity index (χ1) is 6.56. The monoisotopic (exact) mass is 246 g/mol. The molecule has 0 bridgehead atoms. The van der Waals surface area contributed by atoms with Crippen LogP contribution in [0.4, 0.5) is 0 Å². The summed E-state index contributed by atoms with van der Waals surface area (Å²) >= 11 is 0. The molecule has 1 unspecified atom stereocenters. The van der Waals surface area contributed by atoms with E-state index < -0.39 is 23.3 Å². The van der Waals surface area contributed by atoms with Gasteiger partial charge in [0.1, 0.15) is 0 Å². The van der Waals surface area contributed by atoms with Gasteiger partial charge in [0.2, 0.25) is 0 Å². The molecule has 6 nitrogen and oxygen atoms in total. The smallest absolute Gasteiger partial charge is 0.327 e. The third-order valence-corrected chi connectivity index (χ3v) is 2.37. The molecular weight excluding hydrogens is 230 g/mol. The Hall–Kier alpha value is 0.620. The summed E-state index contributed by atoms with van der Waals surface area (Å²) in [7, 11) is -4.83. The van der Waals surface area contributed by atoms with Gasteiger partial charge < -0.3 is 28.6 Å². The number of hydrogen-bond acceptors (Lipinski definition) is 6. The van der Waals surface area contributed by atoms with Gasteiger partial charge in [-0.25, -0.2) is 0 Å². The van der Waals surface area contributed by atoms with Gasteiger partial charge in [0, 0.05) is 0 Å². The molecule has 0 aromatic heterocycles. The summed E-state index contributed by atoms with van der Waals surface area (Å²) in [6.07, 6.45) is 1.90. The summed E-state index contributed by atoms with van der Waals surface area (Å²) in [5.41, 5.74) is 0. The lowest BCUT2D eigenvalue weighted by Crippen LogP contribution is -2.16. The summed E-state index contributed by atoms with van der Waals surface area (Å²) in [5, 5.41) is 0. The molecule has 0 aliphatic heterocycles. The van der Waals surface area contributed by atoms with Crippen molar-refractivity contribution in [2.24, 2.45) is 0 Å². The third-order valence-electron chi connectivity index (χ3n) is 1.50. The highest BCUT2D eigenvalue weighted by Gasteiger charge is 2.15. The van der Waals surface area contributed by atoms with Crippen LogP contribution in [0.3, 0.4) is 0 Å². The van der Waals surface area contributed by atoms with Gasteiger partial charge >= 0.3 is 17.2 Å². The minimum absolute atomic E-state index is 0.0430. The van der Waals surface area contributed by atoms with Gasteiger partial charge in [-0.05, 0) is 6.42 Å². The Morgan fingerprint density at radius 1 is 1.14 bits per heavy atom. The fourth-order valence-electron chi connectivity index (χ4n) is 0.881. The highest BCUT2D eigenvalue weighted by Crippen LogP contribution is 2.31. The molecule has 86 valence electrons. The van der Waals surface area contributed by atoms with Crippen LogP contribution in [0.15, 0.2) is 0 Å². The summed E-state index contributed by atoms with van der Waals surface area (Å²) in [5.74, 6) is 0. The first-order valence-electron chi connectivity index (χ1n) is 4.21. The van der Waals surface area contributed by atoms with Crippen molar-refractivity contribution >= 4 is 17.2 Å². The van der Waals surface area contributed by atoms with Crippen molar-refractivity contribution in [3.8, 4) is 0 Å². The van der Waals surface area contributed by atoms with Crippen LogP contribution < -0.4 is 0 Å². The van der Waals surface area contributed by atoms with Crippen LogP contribution in [0.5, 0.6) is 0 Å². The minimum atomic E-state index is -2.42. The van der Waals surface area contributed by atoms with Gasteiger partial charge in [-0.15, -0.1) is 0 Å². The second-order valence-corrected chi connectivity index (χ2v) is 4.15. The molecule has 0 amide bonds. The lowest BCUT2D eigenvalue weighted by Gasteiger charge is -2.17. The molecule has 0 saturated carbocycles. The highest BCUT2D eigenvalue weighted by atomic mass is 31.2. The number of rotatable bonds is 8. The average molecular weight is 246 g/mol. The lowest BCUT2D eigenvalue weighted by atomic mass is 10.2. The minimum Gasteiger partial charge on any atom is -0.328 e. The van der Waals surface area contributed by atoms with Crippen LogP contribution in [0.25, 0.3) is 0 Å². The zero-order valence-electron chi connectivity index (χ0n) is 7.91. The second kappa shape index (κ2) is 8.89. The predicted molar refractivity (Wildman–Crippen MR) is 53.1 cm³/mol. The standard InChI is InChI=1S/C6H16O6P2/c1-2-3-4-6(12-14(9)10)5-11-13(7)8/h6-10H,2-5H2,1H3. The van der Waals surface area contributed by atoms with Crippen LogP contribution in [0, 0.1) is 0 Å². The normalized spacial score (nSPS) is 13.9. The summed E-state index contributed by atoms with van der Waals surface area (Å²) in [6.45, 7) is 1.95. The van der Waals surface area contributed by atoms with Crippen molar-refractivity contribution in [2.75, 3.05) is 6.61 Å². The van der Waals surface area contributed by atoms with Crippen LogP contribution in [-0.4, -0.2) is 32.3 Å². The highest BCUT2D eigenvalue weighted by molar-refractivity contribution is 7.39. The van der Waals surface area contributed by atoms with E-state index in [4.69, 9.17) is 24.1 Å². The van der Waals surface area contributed by atoms with Crippen LogP contribution in [0.1, 0.15) is 26.2 Å². The van der Waals surface area contributed by atoms with Crippen molar-refractivity contribution in [2.45, 2.75) is 32.3 Å². The lowest BCUT2D eigenvalue weighted by molar-refractivity contribution is 0.0962. The van der Waals surface area contributed by atoms with Crippen molar-refractivity contribution in [1.82, 2.24) is 0 Å².